The summed E-state index contributed by atoms with van der Waals surface area (Å²) in [5, 5.41) is 4.25. The predicted molar refractivity (Wildman–Crippen MR) is 80.1 cm³/mol. The number of benzene rings is 1. The van der Waals surface area contributed by atoms with Crippen LogP contribution in [0.25, 0.3) is 10.9 Å². The molecule has 0 amide bonds. The number of carbonyl (C=O) groups excluding carboxylic acids is 1. The van der Waals surface area contributed by atoms with Gasteiger partial charge in [0, 0.05) is 29.8 Å². The molecule has 2 N–H and O–H groups in total. The quantitative estimate of drug-likeness (QED) is 0.697. The molecule has 3 rings (SSSR count). The zero-order valence-electron chi connectivity index (χ0n) is 11.0. The van der Waals surface area contributed by atoms with E-state index in [1.54, 1.807) is 12.4 Å². The first kappa shape index (κ1) is 12.4. The van der Waals surface area contributed by atoms with Crippen LogP contribution in [-0.4, -0.2) is 22.8 Å². The van der Waals surface area contributed by atoms with Crippen molar-refractivity contribution >= 4 is 23.0 Å². The number of nitrogens with zero attached hydrogens (tertiary/aromatic N) is 1. The molecule has 100 valence electrons. The van der Waals surface area contributed by atoms with Gasteiger partial charge in [-0.25, -0.2) is 0 Å². The van der Waals surface area contributed by atoms with Crippen LogP contribution in [0.5, 0.6) is 0 Å². The van der Waals surface area contributed by atoms with Crippen LogP contribution in [0.4, 0.5) is 5.82 Å². The summed E-state index contributed by atoms with van der Waals surface area (Å²) in [6.45, 7) is 0.762. The third-order valence-electron chi connectivity index (χ3n) is 3.33. The Hall–Kier alpha value is -2.62. The molecule has 1 aromatic carbocycles. The van der Waals surface area contributed by atoms with E-state index in [4.69, 9.17) is 0 Å². The maximum Gasteiger partial charge on any atom is 0.154 e. The van der Waals surface area contributed by atoms with Gasteiger partial charge in [0.25, 0.3) is 0 Å². The number of fused-ring (bicyclic) bond motifs is 1. The lowest BCUT2D eigenvalue weighted by Gasteiger charge is -2.05. The van der Waals surface area contributed by atoms with Crippen LogP contribution in [0.2, 0.25) is 0 Å². The number of para-hydroxylation sites is 1. The second-order valence-corrected chi connectivity index (χ2v) is 4.61. The van der Waals surface area contributed by atoms with E-state index in [2.05, 4.69) is 15.3 Å². The van der Waals surface area contributed by atoms with Crippen LogP contribution in [0.3, 0.4) is 0 Å². The highest BCUT2D eigenvalue weighted by Crippen LogP contribution is 2.24. The Morgan fingerprint density at radius 1 is 1.15 bits per heavy atom. The lowest BCUT2D eigenvalue weighted by atomic mass is 10.2. The van der Waals surface area contributed by atoms with Gasteiger partial charge in [-0.15, -0.1) is 0 Å². The Kier molecular flexibility index (Phi) is 3.46. The van der Waals surface area contributed by atoms with E-state index < -0.39 is 0 Å². The minimum absolute atomic E-state index is 0.690. The van der Waals surface area contributed by atoms with E-state index in [9.17, 15) is 4.79 Å². The molecule has 0 aliphatic rings. The first-order valence-electron chi connectivity index (χ1n) is 6.57. The van der Waals surface area contributed by atoms with Crippen LogP contribution in [0.15, 0.2) is 48.8 Å². The smallest absolute Gasteiger partial charge is 0.154 e. The molecular weight excluding hydrogens is 250 g/mol. The van der Waals surface area contributed by atoms with Crippen LogP contribution in [0.1, 0.15) is 15.9 Å². The van der Waals surface area contributed by atoms with Gasteiger partial charge in [-0.1, -0.05) is 18.2 Å². The van der Waals surface area contributed by atoms with Crippen molar-refractivity contribution in [2.45, 2.75) is 6.42 Å². The highest BCUT2D eigenvalue weighted by atomic mass is 16.1. The van der Waals surface area contributed by atoms with Gasteiger partial charge in [0.15, 0.2) is 6.29 Å². The number of aromatic amines is 1. The molecule has 3 aromatic rings. The Morgan fingerprint density at radius 3 is 2.75 bits per heavy atom. The Labute approximate surface area is 116 Å². The molecule has 0 unspecified atom stereocenters. The van der Waals surface area contributed by atoms with Gasteiger partial charge in [-0.05, 0) is 30.2 Å². The number of aromatic nitrogens is 2. The van der Waals surface area contributed by atoms with Crippen molar-refractivity contribution in [1.82, 2.24) is 9.97 Å². The zero-order valence-corrected chi connectivity index (χ0v) is 11.0. The van der Waals surface area contributed by atoms with Gasteiger partial charge < -0.3 is 10.3 Å². The molecule has 4 nitrogen and oxygen atoms in total. The van der Waals surface area contributed by atoms with Gasteiger partial charge >= 0.3 is 0 Å². The topological polar surface area (TPSA) is 57.8 Å². The van der Waals surface area contributed by atoms with Crippen molar-refractivity contribution in [3.63, 3.8) is 0 Å². The average molecular weight is 265 g/mol. The normalized spacial score (nSPS) is 10.6. The molecule has 0 saturated carbocycles. The maximum atomic E-state index is 11.3. The number of H-pyrrole nitrogens is 1. The minimum Gasteiger partial charge on any atom is -0.371 e. The lowest BCUT2D eigenvalue weighted by Crippen LogP contribution is -2.06. The van der Waals surface area contributed by atoms with E-state index in [0.717, 1.165) is 36.0 Å². The Bertz CT molecular complexity index is 719. The fourth-order valence-electron chi connectivity index (χ4n) is 2.31. The number of anilines is 1. The van der Waals surface area contributed by atoms with E-state index in [1.165, 1.54) is 5.56 Å². The molecule has 0 atom stereocenters. The lowest BCUT2D eigenvalue weighted by molar-refractivity contribution is 0.112. The highest BCUT2D eigenvalue weighted by molar-refractivity contribution is 6.03. The van der Waals surface area contributed by atoms with Crippen molar-refractivity contribution in [1.29, 1.82) is 0 Å². The van der Waals surface area contributed by atoms with Crippen LogP contribution in [0, 0.1) is 0 Å². The molecule has 20 heavy (non-hydrogen) atoms. The molecule has 4 heteroatoms. The number of hydrogen-bond donors (Lipinski definition) is 2. The van der Waals surface area contributed by atoms with E-state index in [1.807, 2.05) is 36.4 Å². The van der Waals surface area contributed by atoms with Gasteiger partial charge in [-0.2, -0.15) is 0 Å². The largest absolute Gasteiger partial charge is 0.371 e. The third kappa shape index (κ3) is 2.40. The first-order valence-corrected chi connectivity index (χ1v) is 6.57. The van der Waals surface area contributed by atoms with E-state index in [-0.39, 0.29) is 0 Å². The molecule has 0 aliphatic heterocycles. The molecular formula is C16H15N3O. The average Bonchev–Trinajstić information content (AvgIpc) is 2.86. The zero-order chi connectivity index (χ0) is 13.8. The summed E-state index contributed by atoms with van der Waals surface area (Å²) in [5.41, 5.74) is 2.88. The van der Waals surface area contributed by atoms with Crippen molar-refractivity contribution in [3.8, 4) is 0 Å². The molecule has 0 saturated heterocycles. The Morgan fingerprint density at radius 2 is 1.95 bits per heavy atom. The standard InChI is InChI=1S/C16H15N3O/c20-11-14-13-3-1-2-4-15(13)19-16(14)18-10-7-12-5-8-17-9-6-12/h1-6,8-9,11,18-19H,7,10H2. The SMILES string of the molecule is O=Cc1c(NCCc2ccncc2)[nH]c2ccccc12. The number of rotatable bonds is 5. The van der Waals surface area contributed by atoms with E-state index in [0.29, 0.717) is 5.56 Å². The summed E-state index contributed by atoms with van der Waals surface area (Å²) >= 11 is 0. The molecule has 0 spiro atoms. The van der Waals surface area contributed by atoms with Crippen molar-refractivity contribution < 1.29 is 4.79 Å². The summed E-state index contributed by atoms with van der Waals surface area (Å²) in [5.74, 6) is 0.787. The Balaban J connectivity index is 1.76. The second-order valence-electron chi connectivity index (χ2n) is 4.61. The highest BCUT2D eigenvalue weighted by Gasteiger charge is 2.09. The second kappa shape index (κ2) is 5.57. The van der Waals surface area contributed by atoms with Gasteiger partial charge in [0.05, 0.1) is 5.56 Å². The van der Waals surface area contributed by atoms with Crippen LogP contribution >= 0.6 is 0 Å². The summed E-state index contributed by atoms with van der Waals surface area (Å²) in [6.07, 6.45) is 5.36. The fraction of sp³-hybridized carbons (Fsp3) is 0.125. The van der Waals surface area contributed by atoms with Crippen LogP contribution in [-0.2, 0) is 6.42 Å². The van der Waals surface area contributed by atoms with Crippen molar-refractivity contribution in [2.75, 3.05) is 11.9 Å². The van der Waals surface area contributed by atoms with Gasteiger partial charge in [-0.3, -0.25) is 9.78 Å². The molecule has 0 radical (unpaired) electrons. The molecule has 0 fully saturated rings. The fourth-order valence-corrected chi connectivity index (χ4v) is 2.31. The summed E-state index contributed by atoms with van der Waals surface area (Å²) in [7, 11) is 0. The maximum absolute atomic E-state index is 11.3. The van der Waals surface area contributed by atoms with Gasteiger partial charge in [0.2, 0.25) is 0 Å². The summed E-state index contributed by atoms with van der Waals surface area (Å²) in [4.78, 5) is 18.5. The number of hydrogen-bond acceptors (Lipinski definition) is 3. The van der Waals surface area contributed by atoms with Crippen molar-refractivity contribution in [2.24, 2.45) is 0 Å². The molecule has 0 aliphatic carbocycles. The molecule has 0 bridgehead atoms. The molecule has 2 heterocycles. The van der Waals surface area contributed by atoms with Gasteiger partial charge in [0.1, 0.15) is 5.82 Å². The summed E-state index contributed by atoms with van der Waals surface area (Å²) < 4.78 is 0. The van der Waals surface area contributed by atoms with Crippen molar-refractivity contribution in [3.05, 3.63) is 59.9 Å². The summed E-state index contributed by atoms with van der Waals surface area (Å²) in [6, 6.07) is 11.8. The number of nitrogens with one attached hydrogen (secondary N) is 2. The monoisotopic (exact) mass is 265 g/mol. The minimum atomic E-state index is 0.690. The number of carbonyl (C=O) groups is 1. The first-order chi connectivity index (χ1) is 9.88. The number of pyridine rings is 1. The number of aldehydes is 1. The molecule has 2 aromatic heterocycles. The predicted octanol–water partition coefficient (Wildman–Crippen LogP) is 3.03. The van der Waals surface area contributed by atoms with E-state index >= 15 is 0 Å². The van der Waals surface area contributed by atoms with Crippen LogP contribution < -0.4 is 5.32 Å². The third-order valence-corrected chi connectivity index (χ3v) is 3.33.